The molecule has 38 heavy (non-hydrogen) atoms. The molecule has 2 aliphatic heterocycles. The van der Waals surface area contributed by atoms with E-state index in [2.05, 4.69) is 16.7 Å². The summed E-state index contributed by atoms with van der Waals surface area (Å²) in [7, 11) is 5.63. The van der Waals surface area contributed by atoms with Crippen molar-refractivity contribution < 1.29 is 19.1 Å². The van der Waals surface area contributed by atoms with Crippen LogP contribution in [0.3, 0.4) is 0 Å². The molecule has 0 aromatic heterocycles. The molecule has 2 N–H and O–H groups in total. The van der Waals surface area contributed by atoms with E-state index in [1.54, 1.807) is 30.1 Å². The fraction of sp³-hybridized carbons (Fsp3) is 0.207. The van der Waals surface area contributed by atoms with Crippen molar-refractivity contribution in [3.05, 3.63) is 77.4 Å². The van der Waals surface area contributed by atoms with Gasteiger partial charge in [0.05, 0.1) is 28.6 Å². The first-order valence-electron chi connectivity index (χ1n) is 12.1. The summed E-state index contributed by atoms with van der Waals surface area (Å²) in [5.41, 5.74) is 4.99. The van der Waals surface area contributed by atoms with Crippen LogP contribution in [0.15, 0.2) is 60.7 Å². The molecule has 0 saturated heterocycles. The summed E-state index contributed by atoms with van der Waals surface area (Å²) in [6.07, 6.45) is 0.423. The third-order valence-electron chi connectivity index (χ3n) is 6.48. The number of nitrogens with one attached hydrogen (secondary N) is 2. The van der Waals surface area contributed by atoms with Gasteiger partial charge in [-0.25, -0.2) is 0 Å². The number of anilines is 3. The van der Waals surface area contributed by atoms with Gasteiger partial charge in [-0.1, -0.05) is 6.07 Å². The predicted octanol–water partition coefficient (Wildman–Crippen LogP) is 4.13. The SMILES string of the molecule is CN(C)CCC(=O)N(C)c1ccc(NC(=C2C(=O)Nc3cc(C#N)ccc32)c2ccc3c(c2)OCO3)cc1. The van der Waals surface area contributed by atoms with E-state index in [0.29, 0.717) is 52.5 Å². The van der Waals surface area contributed by atoms with Crippen LogP contribution < -0.4 is 25.0 Å². The second-order valence-electron chi connectivity index (χ2n) is 9.32. The number of amides is 2. The van der Waals surface area contributed by atoms with Crippen LogP contribution in [0.4, 0.5) is 17.1 Å². The second kappa shape index (κ2) is 10.3. The van der Waals surface area contributed by atoms with Crippen LogP contribution in [0, 0.1) is 11.3 Å². The molecule has 5 rings (SSSR count). The molecular formula is C29H27N5O4. The van der Waals surface area contributed by atoms with Crippen LogP contribution >= 0.6 is 0 Å². The maximum atomic E-state index is 13.2. The van der Waals surface area contributed by atoms with Gasteiger partial charge in [-0.05, 0) is 68.7 Å². The van der Waals surface area contributed by atoms with E-state index in [0.717, 1.165) is 16.9 Å². The highest BCUT2D eigenvalue weighted by molar-refractivity contribution is 6.37. The Labute approximate surface area is 220 Å². The maximum Gasteiger partial charge on any atom is 0.258 e. The van der Waals surface area contributed by atoms with Gasteiger partial charge in [0.15, 0.2) is 11.5 Å². The number of carbonyl (C=O) groups is 2. The Morgan fingerprint density at radius 2 is 1.79 bits per heavy atom. The molecule has 2 amide bonds. The fourth-order valence-electron chi connectivity index (χ4n) is 4.37. The van der Waals surface area contributed by atoms with Gasteiger partial charge >= 0.3 is 0 Å². The fourth-order valence-corrected chi connectivity index (χ4v) is 4.37. The van der Waals surface area contributed by atoms with Crippen LogP contribution in [0.1, 0.15) is 23.1 Å². The molecular weight excluding hydrogens is 482 g/mol. The Bertz CT molecular complexity index is 1490. The lowest BCUT2D eigenvalue weighted by molar-refractivity contribution is -0.118. The summed E-state index contributed by atoms with van der Waals surface area (Å²) in [6.45, 7) is 0.815. The zero-order chi connectivity index (χ0) is 26.8. The monoisotopic (exact) mass is 509 g/mol. The van der Waals surface area contributed by atoms with Gasteiger partial charge in [0.1, 0.15) is 0 Å². The molecule has 2 aliphatic rings. The molecule has 0 radical (unpaired) electrons. The first-order valence-corrected chi connectivity index (χ1v) is 12.1. The third-order valence-corrected chi connectivity index (χ3v) is 6.48. The summed E-state index contributed by atoms with van der Waals surface area (Å²) in [5, 5.41) is 15.6. The summed E-state index contributed by atoms with van der Waals surface area (Å²) in [4.78, 5) is 29.4. The molecule has 0 spiro atoms. The zero-order valence-corrected chi connectivity index (χ0v) is 21.4. The van der Waals surface area contributed by atoms with Crippen molar-refractivity contribution in [3.63, 3.8) is 0 Å². The highest BCUT2D eigenvalue weighted by Gasteiger charge is 2.29. The number of benzene rings is 3. The molecule has 2 heterocycles. The molecule has 3 aromatic carbocycles. The average Bonchev–Trinajstić information content (AvgIpc) is 3.52. The molecule has 0 aliphatic carbocycles. The number of nitriles is 1. The number of hydrogen-bond donors (Lipinski definition) is 2. The van der Waals surface area contributed by atoms with E-state index >= 15 is 0 Å². The molecule has 0 fully saturated rings. The quantitative estimate of drug-likeness (QED) is 0.461. The molecule has 9 nitrogen and oxygen atoms in total. The number of carbonyl (C=O) groups excluding carboxylic acids is 2. The number of nitrogens with zero attached hydrogens (tertiary/aromatic N) is 3. The zero-order valence-electron chi connectivity index (χ0n) is 21.4. The van der Waals surface area contributed by atoms with E-state index in [-0.39, 0.29) is 18.6 Å². The summed E-state index contributed by atoms with van der Waals surface area (Å²) in [5.74, 6) is 0.977. The summed E-state index contributed by atoms with van der Waals surface area (Å²) in [6, 6.07) is 20.2. The molecule has 192 valence electrons. The number of ether oxygens (including phenoxy) is 2. The minimum atomic E-state index is -0.280. The summed E-state index contributed by atoms with van der Waals surface area (Å²) < 4.78 is 11.0. The topological polar surface area (TPSA) is 107 Å². The average molecular weight is 510 g/mol. The molecule has 9 heteroatoms. The molecule has 0 bridgehead atoms. The van der Waals surface area contributed by atoms with Gasteiger partial charge in [0.25, 0.3) is 5.91 Å². The third kappa shape index (κ3) is 4.90. The van der Waals surface area contributed by atoms with E-state index in [1.807, 2.05) is 61.5 Å². The van der Waals surface area contributed by atoms with Gasteiger partial charge < -0.3 is 29.9 Å². The van der Waals surface area contributed by atoms with Crippen molar-refractivity contribution in [2.45, 2.75) is 6.42 Å². The minimum absolute atomic E-state index is 0.0264. The highest BCUT2D eigenvalue weighted by Crippen LogP contribution is 2.41. The molecule has 0 saturated carbocycles. The standard InChI is InChI=1S/C29H27N5O4/c1-33(2)13-12-26(35)34(3)21-8-6-20(7-9-21)31-28(19-5-11-24-25(15-19)38-17-37-24)27-22-10-4-18(16-30)14-23(22)32-29(27)36/h4-11,14-15,31H,12-13,17H2,1-3H3,(H,32,36). The van der Waals surface area contributed by atoms with E-state index < -0.39 is 0 Å². The maximum absolute atomic E-state index is 13.2. The Balaban J connectivity index is 1.51. The van der Waals surface area contributed by atoms with Gasteiger partial charge in [-0.3, -0.25) is 9.59 Å². The Kier molecular flexibility index (Phi) is 6.73. The van der Waals surface area contributed by atoms with Crippen LogP contribution in [0.5, 0.6) is 11.5 Å². The van der Waals surface area contributed by atoms with Crippen molar-refractivity contribution in [2.24, 2.45) is 0 Å². The molecule has 3 aromatic rings. The Morgan fingerprint density at radius 1 is 1.03 bits per heavy atom. The predicted molar refractivity (Wildman–Crippen MR) is 146 cm³/mol. The smallest absolute Gasteiger partial charge is 0.258 e. The highest BCUT2D eigenvalue weighted by atomic mass is 16.7. The van der Waals surface area contributed by atoms with Crippen molar-refractivity contribution in [2.75, 3.05) is 50.0 Å². The van der Waals surface area contributed by atoms with Gasteiger partial charge in [0.2, 0.25) is 12.7 Å². The second-order valence-corrected chi connectivity index (χ2v) is 9.32. The van der Waals surface area contributed by atoms with Gasteiger partial charge in [-0.15, -0.1) is 0 Å². The first kappa shape index (κ1) is 24.9. The molecule has 0 atom stereocenters. The van der Waals surface area contributed by atoms with Crippen molar-refractivity contribution in [1.29, 1.82) is 5.26 Å². The lowest BCUT2D eigenvalue weighted by Gasteiger charge is -2.20. The Morgan fingerprint density at radius 3 is 2.53 bits per heavy atom. The minimum Gasteiger partial charge on any atom is -0.454 e. The normalized spacial score (nSPS) is 14.6. The van der Waals surface area contributed by atoms with Crippen molar-refractivity contribution >= 4 is 40.1 Å². The van der Waals surface area contributed by atoms with Crippen LogP contribution in [0.2, 0.25) is 0 Å². The van der Waals surface area contributed by atoms with Crippen LogP contribution in [-0.2, 0) is 9.59 Å². The molecule has 0 unspecified atom stereocenters. The largest absolute Gasteiger partial charge is 0.454 e. The van der Waals surface area contributed by atoms with Gasteiger partial charge in [0, 0.05) is 42.5 Å². The van der Waals surface area contributed by atoms with Crippen molar-refractivity contribution in [3.8, 4) is 17.6 Å². The van der Waals surface area contributed by atoms with E-state index in [9.17, 15) is 14.9 Å². The van der Waals surface area contributed by atoms with Crippen LogP contribution in [0.25, 0.3) is 11.3 Å². The first-order chi connectivity index (χ1) is 18.3. The van der Waals surface area contributed by atoms with Crippen molar-refractivity contribution in [1.82, 2.24) is 4.90 Å². The lowest BCUT2D eigenvalue weighted by Crippen LogP contribution is -2.29. The van der Waals surface area contributed by atoms with E-state index in [1.165, 1.54) is 0 Å². The van der Waals surface area contributed by atoms with Gasteiger partial charge in [-0.2, -0.15) is 5.26 Å². The Hall–Kier alpha value is -4.81. The number of hydrogen-bond acceptors (Lipinski definition) is 7. The number of rotatable bonds is 7. The summed E-state index contributed by atoms with van der Waals surface area (Å²) >= 11 is 0. The lowest BCUT2D eigenvalue weighted by atomic mass is 9.98. The van der Waals surface area contributed by atoms with E-state index in [4.69, 9.17) is 9.47 Å². The number of fused-ring (bicyclic) bond motifs is 2. The van der Waals surface area contributed by atoms with Crippen LogP contribution in [-0.4, -0.2) is 51.2 Å².